The summed E-state index contributed by atoms with van der Waals surface area (Å²) in [6.07, 6.45) is 5.72. The minimum absolute atomic E-state index is 0.101. The summed E-state index contributed by atoms with van der Waals surface area (Å²) >= 11 is 1.72. The van der Waals surface area contributed by atoms with Crippen LogP contribution in [0.1, 0.15) is 35.9 Å². The smallest absolute Gasteiger partial charge is 0.253 e. The fourth-order valence-corrected chi connectivity index (χ4v) is 4.07. The van der Waals surface area contributed by atoms with Gasteiger partial charge in [0, 0.05) is 35.6 Å². The van der Waals surface area contributed by atoms with Crippen LogP contribution in [0.4, 0.5) is 0 Å². The molecule has 0 unspecified atom stereocenters. The molecule has 0 bridgehead atoms. The molecular weight excluding hydrogens is 322 g/mol. The van der Waals surface area contributed by atoms with Crippen molar-refractivity contribution in [2.45, 2.75) is 43.2 Å². The zero-order valence-corrected chi connectivity index (χ0v) is 14.5. The lowest BCUT2D eigenvalue weighted by Gasteiger charge is -2.28. The van der Waals surface area contributed by atoms with Crippen LogP contribution in [0.25, 0.3) is 5.78 Å². The first kappa shape index (κ1) is 15.5. The number of fused-ring (bicyclic) bond motifs is 1. The molecule has 0 aliphatic carbocycles. The van der Waals surface area contributed by atoms with E-state index in [1.54, 1.807) is 18.0 Å². The van der Waals surface area contributed by atoms with Crippen LogP contribution in [0.3, 0.4) is 0 Å². The number of ether oxygens (including phenoxy) is 1. The summed E-state index contributed by atoms with van der Waals surface area (Å²) < 4.78 is 7.73. The summed E-state index contributed by atoms with van der Waals surface area (Å²) in [5, 5.41) is 5.82. The summed E-state index contributed by atoms with van der Waals surface area (Å²) in [5.74, 6) is 0.672. The van der Waals surface area contributed by atoms with Crippen molar-refractivity contribution in [2.24, 2.45) is 0 Å². The lowest BCUT2D eigenvalue weighted by atomic mass is 10.0. The molecule has 1 fully saturated rings. The Morgan fingerprint density at radius 1 is 1.29 bits per heavy atom. The van der Waals surface area contributed by atoms with Gasteiger partial charge in [0.05, 0.1) is 6.10 Å². The second-order valence-corrected chi connectivity index (χ2v) is 7.32. The molecule has 0 radical (unpaired) electrons. The summed E-state index contributed by atoms with van der Waals surface area (Å²) in [5.41, 5.74) is 3.16. The fraction of sp³-hybridized carbons (Fsp3) is 0.412. The highest BCUT2D eigenvalue weighted by Crippen LogP contribution is 2.36. The van der Waals surface area contributed by atoms with Gasteiger partial charge in [-0.25, -0.2) is 9.50 Å². The van der Waals surface area contributed by atoms with Gasteiger partial charge < -0.3 is 4.74 Å². The van der Waals surface area contributed by atoms with Crippen LogP contribution in [-0.4, -0.2) is 36.4 Å². The molecule has 2 atom stereocenters. The van der Waals surface area contributed by atoms with Crippen LogP contribution in [0.2, 0.25) is 0 Å². The first-order valence-electron chi connectivity index (χ1n) is 8.08. The van der Waals surface area contributed by atoms with Crippen molar-refractivity contribution in [3.63, 3.8) is 0 Å². The largest absolute Gasteiger partial charge is 0.373 e. The molecule has 0 aromatic carbocycles. The van der Waals surface area contributed by atoms with E-state index >= 15 is 0 Å². The standard InChI is InChI=1S/C17H19N5OS/c1-11-8-12(2)22-16(19-11)20-17(21-22)24-14-5-7-23-15(9-14)13-4-3-6-18-10-13/h3-4,6,8,10,14-15H,5,7,9H2,1-2H3/t14-,15-/m0/s1. The average Bonchev–Trinajstić information content (AvgIpc) is 2.98. The van der Waals surface area contributed by atoms with Gasteiger partial charge in [-0.05, 0) is 44.4 Å². The second-order valence-electron chi connectivity index (χ2n) is 6.06. The van der Waals surface area contributed by atoms with E-state index in [9.17, 15) is 0 Å². The Labute approximate surface area is 144 Å². The van der Waals surface area contributed by atoms with E-state index in [4.69, 9.17) is 4.74 Å². The van der Waals surface area contributed by atoms with Gasteiger partial charge in [0.1, 0.15) is 0 Å². The van der Waals surface area contributed by atoms with Crippen LogP contribution in [0.15, 0.2) is 35.7 Å². The lowest BCUT2D eigenvalue weighted by molar-refractivity contribution is 0.0176. The Morgan fingerprint density at radius 3 is 3.04 bits per heavy atom. The van der Waals surface area contributed by atoms with Crippen molar-refractivity contribution in [1.29, 1.82) is 0 Å². The molecule has 3 aromatic rings. The van der Waals surface area contributed by atoms with Gasteiger partial charge in [0.25, 0.3) is 5.78 Å². The normalized spacial score (nSPS) is 21.2. The van der Waals surface area contributed by atoms with Crippen molar-refractivity contribution in [3.05, 3.63) is 47.5 Å². The van der Waals surface area contributed by atoms with Gasteiger partial charge in [-0.3, -0.25) is 4.98 Å². The van der Waals surface area contributed by atoms with E-state index in [0.29, 0.717) is 11.0 Å². The number of aromatic nitrogens is 5. The number of hydrogen-bond donors (Lipinski definition) is 0. The topological polar surface area (TPSA) is 65.2 Å². The van der Waals surface area contributed by atoms with Crippen LogP contribution in [0.5, 0.6) is 0 Å². The monoisotopic (exact) mass is 341 g/mol. The molecule has 1 saturated heterocycles. The quantitative estimate of drug-likeness (QED) is 0.729. The van der Waals surface area contributed by atoms with Crippen molar-refractivity contribution in [3.8, 4) is 0 Å². The number of pyridine rings is 1. The van der Waals surface area contributed by atoms with Gasteiger partial charge >= 0.3 is 0 Å². The highest BCUT2D eigenvalue weighted by atomic mass is 32.2. The Morgan fingerprint density at radius 2 is 2.21 bits per heavy atom. The lowest BCUT2D eigenvalue weighted by Crippen LogP contribution is -2.21. The zero-order chi connectivity index (χ0) is 16.5. The van der Waals surface area contributed by atoms with Gasteiger partial charge in [-0.1, -0.05) is 17.8 Å². The van der Waals surface area contributed by atoms with Crippen LogP contribution in [0, 0.1) is 13.8 Å². The van der Waals surface area contributed by atoms with Gasteiger partial charge in [-0.15, -0.1) is 5.10 Å². The predicted octanol–water partition coefficient (Wildman–Crippen LogP) is 3.15. The summed E-state index contributed by atoms with van der Waals surface area (Å²) in [6, 6.07) is 6.04. The SMILES string of the molecule is Cc1cc(C)n2nc(S[C@H]3CCO[C@H](c4cccnc4)C3)nc2n1. The average molecular weight is 341 g/mol. The minimum atomic E-state index is 0.101. The molecule has 0 spiro atoms. The van der Waals surface area contributed by atoms with E-state index < -0.39 is 0 Å². The molecule has 4 heterocycles. The fourth-order valence-electron chi connectivity index (χ4n) is 3.02. The van der Waals surface area contributed by atoms with Crippen LogP contribution < -0.4 is 0 Å². The molecule has 24 heavy (non-hydrogen) atoms. The Bertz CT molecular complexity index is 851. The van der Waals surface area contributed by atoms with E-state index in [1.165, 1.54) is 0 Å². The maximum atomic E-state index is 5.91. The molecule has 124 valence electrons. The molecule has 4 rings (SSSR count). The first-order chi connectivity index (χ1) is 11.7. The molecule has 0 N–H and O–H groups in total. The van der Waals surface area contributed by atoms with Gasteiger partial charge in [0.15, 0.2) is 0 Å². The highest BCUT2D eigenvalue weighted by Gasteiger charge is 2.26. The van der Waals surface area contributed by atoms with Crippen molar-refractivity contribution < 1.29 is 4.74 Å². The molecular formula is C17H19N5OS. The maximum Gasteiger partial charge on any atom is 0.253 e. The van der Waals surface area contributed by atoms with Gasteiger partial charge in [-0.2, -0.15) is 4.98 Å². The van der Waals surface area contributed by atoms with Gasteiger partial charge in [0.2, 0.25) is 5.16 Å². The summed E-state index contributed by atoms with van der Waals surface area (Å²) in [7, 11) is 0. The molecule has 6 nitrogen and oxygen atoms in total. The molecule has 7 heteroatoms. The van der Waals surface area contributed by atoms with Crippen molar-refractivity contribution >= 4 is 17.5 Å². The third-order valence-electron chi connectivity index (χ3n) is 4.16. The number of thioether (sulfide) groups is 1. The van der Waals surface area contributed by atoms with E-state index in [0.717, 1.165) is 41.6 Å². The van der Waals surface area contributed by atoms with E-state index in [2.05, 4.69) is 26.1 Å². The number of aryl methyl sites for hydroxylation is 2. The Hall–Kier alpha value is -1.99. The molecule has 0 amide bonds. The predicted molar refractivity (Wildman–Crippen MR) is 92.1 cm³/mol. The zero-order valence-electron chi connectivity index (χ0n) is 13.7. The van der Waals surface area contributed by atoms with Crippen molar-refractivity contribution in [1.82, 2.24) is 24.6 Å². The number of rotatable bonds is 3. The van der Waals surface area contributed by atoms with Crippen LogP contribution >= 0.6 is 11.8 Å². The Balaban J connectivity index is 1.52. The van der Waals surface area contributed by atoms with Crippen LogP contribution in [-0.2, 0) is 4.74 Å². The number of hydrogen-bond acceptors (Lipinski definition) is 6. The third-order valence-corrected chi connectivity index (χ3v) is 5.31. The minimum Gasteiger partial charge on any atom is -0.373 e. The molecule has 1 aliphatic heterocycles. The maximum absolute atomic E-state index is 5.91. The van der Waals surface area contributed by atoms with E-state index in [-0.39, 0.29) is 6.10 Å². The first-order valence-corrected chi connectivity index (χ1v) is 8.96. The Kier molecular flexibility index (Phi) is 4.20. The van der Waals surface area contributed by atoms with Crippen molar-refractivity contribution in [2.75, 3.05) is 6.61 Å². The number of nitrogens with zero attached hydrogens (tertiary/aromatic N) is 5. The molecule has 0 saturated carbocycles. The second kappa shape index (κ2) is 6.49. The third kappa shape index (κ3) is 3.14. The molecule has 3 aromatic heterocycles. The highest BCUT2D eigenvalue weighted by molar-refractivity contribution is 7.99. The molecule has 1 aliphatic rings. The summed E-state index contributed by atoms with van der Waals surface area (Å²) in [4.78, 5) is 13.2. The summed E-state index contributed by atoms with van der Waals surface area (Å²) in [6.45, 7) is 4.75. The van der Waals surface area contributed by atoms with E-state index in [1.807, 2.05) is 36.7 Å².